The predicted octanol–water partition coefficient (Wildman–Crippen LogP) is 1.31. The molecule has 0 radical (unpaired) electrons. The molecular formula is C22H31N7O3S. The van der Waals surface area contributed by atoms with Crippen LogP contribution in [0.1, 0.15) is 42.6 Å². The predicted molar refractivity (Wildman–Crippen MR) is 130 cm³/mol. The fourth-order valence-corrected chi connectivity index (χ4v) is 4.45. The highest BCUT2D eigenvalue weighted by Gasteiger charge is 2.38. The molecule has 1 aromatic carbocycles. The zero-order valence-electron chi connectivity index (χ0n) is 18.7. The molecule has 7 N–H and O–H groups in total. The number of amides is 3. The summed E-state index contributed by atoms with van der Waals surface area (Å²) in [6.45, 7) is 2.19. The number of aromatic nitrogens is 1. The summed E-state index contributed by atoms with van der Waals surface area (Å²) in [6.07, 6.45) is 4.17. The Kier molecular flexibility index (Phi) is 8.23. The standard InChI is InChI=1S/C17H22N6O2S.C5H9NO/c1-20-17(15(18)25)6-8-23(9-7-17)13-5-3-2-4-11(13)21-14(24)12-10-26-16(19)22-12;7-5-3-1-2-4-6-5/h2-5,10,20H,6-9H2,1H3,(H2,18,25)(H2,19,22)(H,21,24);1-4H2,(H,6,7). The number of thiazole rings is 1. The first-order valence-corrected chi connectivity index (χ1v) is 11.8. The molecule has 0 aliphatic carbocycles. The number of anilines is 3. The van der Waals surface area contributed by atoms with Crippen molar-refractivity contribution in [1.82, 2.24) is 15.6 Å². The molecule has 0 atom stereocenters. The van der Waals surface area contributed by atoms with Crippen molar-refractivity contribution in [2.75, 3.05) is 42.6 Å². The number of benzene rings is 1. The van der Waals surface area contributed by atoms with Gasteiger partial charge in [0.2, 0.25) is 11.8 Å². The number of nitrogens with one attached hydrogen (secondary N) is 3. The Balaban J connectivity index is 0.000000374. The van der Waals surface area contributed by atoms with E-state index in [-0.39, 0.29) is 17.7 Å². The van der Waals surface area contributed by atoms with Crippen molar-refractivity contribution >= 4 is 45.6 Å². The smallest absolute Gasteiger partial charge is 0.275 e. The molecule has 11 heteroatoms. The zero-order chi connectivity index (χ0) is 23.8. The van der Waals surface area contributed by atoms with E-state index in [0.29, 0.717) is 42.4 Å². The fraction of sp³-hybridized carbons (Fsp3) is 0.455. The van der Waals surface area contributed by atoms with Crippen molar-refractivity contribution in [1.29, 1.82) is 0 Å². The van der Waals surface area contributed by atoms with E-state index in [1.165, 1.54) is 11.3 Å². The number of hydrogen-bond donors (Lipinski definition) is 5. The third-order valence-electron chi connectivity index (χ3n) is 5.97. The van der Waals surface area contributed by atoms with Crippen LogP contribution in [0.4, 0.5) is 16.5 Å². The van der Waals surface area contributed by atoms with Gasteiger partial charge in [-0.15, -0.1) is 11.3 Å². The van der Waals surface area contributed by atoms with Gasteiger partial charge in [0.05, 0.1) is 11.4 Å². The second kappa shape index (κ2) is 11.1. The number of nitrogens with two attached hydrogens (primary N) is 2. The Morgan fingerprint density at radius 1 is 1.21 bits per heavy atom. The fourth-order valence-electron chi connectivity index (χ4n) is 3.91. The quantitative estimate of drug-likeness (QED) is 0.438. The van der Waals surface area contributed by atoms with Crippen molar-refractivity contribution in [2.24, 2.45) is 5.73 Å². The van der Waals surface area contributed by atoms with E-state index >= 15 is 0 Å². The van der Waals surface area contributed by atoms with E-state index in [2.05, 4.69) is 25.8 Å². The highest BCUT2D eigenvalue weighted by atomic mass is 32.1. The number of hydrogen-bond acceptors (Lipinski definition) is 8. The Bertz CT molecular complexity index is 978. The summed E-state index contributed by atoms with van der Waals surface area (Å²) in [5.41, 5.74) is 12.4. The Morgan fingerprint density at radius 3 is 2.45 bits per heavy atom. The van der Waals surface area contributed by atoms with E-state index in [1.54, 1.807) is 12.4 Å². The SMILES string of the molecule is CNC1(C(N)=O)CCN(c2ccccc2NC(=O)c2csc(N)n2)CC1.O=C1CCCCN1. The van der Waals surface area contributed by atoms with Crippen LogP contribution in [0.2, 0.25) is 0 Å². The maximum atomic E-state index is 12.4. The van der Waals surface area contributed by atoms with Gasteiger partial charge in [-0.3, -0.25) is 14.4 Å². The second-order valence-electron chi connectivity index (χ2n) is 8.03. The van der Waals surface area contributed by atoms with E-state index < -0.39 is 5.54 Å². The first-order chi connectivity index (χ1) is 15.8. The second-order valence-corrected chi connectivity index (χ2v) is 8.92. The van der Waals surface area contributed by atoms with Crippen LogP contribution in [0, 0.1) is 0 Å². The van der Waals surface area contributed by atoms with Gasteiger partial charge >= 0.3 is 0 Å². The zero-order valence-corrected chi connectivity index (χ0v) is 19.5. The minimum absolute atomic E-state index is 0.214. The van der Waals surface area contributed by atoms with Gasteiger partial charge in [-0.2, -0.15) is 0 Å². The molecule has 3 heterocycles. The maximum absolute atomic E-state index is 12.4. The molecule has 2 saturated heterocycles. The molecule has 2 aliphatic rings. The minimum atomic E-state index is -0.674. The highest BCUT2D eigenvalue weighted by molar-refractivity contribution is 7.13. The lowest BCUT2D eigenvalue weighted by atomic mass is 9.86. The molecule has 2 aliphatic heterocycles. The number of piperidine rings is 2. The van der Waals surface area contributed by atoms with E-state index in [4.69, 9.17) is 11.5 Å². The average molecular weight is 474 g/mol. The summed E-state index contributed by atoms with van der Waals surface area (Å²) in [4.78, 5) is 40.7. The molecule has 33 heavy (non-hydrogen) atoms. The molecule has 3 amide bonds. The summed E-state index contributed by atoms with van der Waals surface area (Å²) in [6, 6.07) is 7.57. The Labute approximate surface area is 197 Å². The Morgan fingerprint density at radius 2 is 1.94 bits per heavy atom. The average Bonchev–Trinajstić information content (AvgIpc) is 3.27. The van der Waals surface area contributed by atoms with Gasteiger partial charge in [0, 0.05) is 31.4 Å². The summed E-state index contributed by atoms with van der Waals surface area (Å²) < 4.78 is 0. The number of likely N-dealkylation sites (N-methyl/N-ethyl adjacent to an activating group) is 1. The van der Waals surface area contributed by atoms with Crippen LogP contribution in [0.15, 0.2) is 29.6 Å². The van der Waals surface area contributed by atoms with Crippen LogP contribution in [0.5, 0.6) is 0 Å². The van der Waals surface area contributed by atoms with Gasteiger partial charge in [-0.1, -0.05) is 12.1 Å². The van der Waals surface area contributed by atoms with Crippen LogP contribution >= 0.6 is 11.3 Å². The summed E-state index contributed by atoms with van der Waals surface area (Å²) in [5, 5.41) is 10.7. The molecule has 2 aromatic rings. The number of nitrogens with zero attached hydrogens (tertiary/aromatic N) is 2. The molecule has 1 aromatic heterocycles. The normalized spacial score (nSPS) is 17.4. The molecule has 10 nitrogen and oxygen atoms in total. The number of rotatable bonds is 5. The first kappa shape index (κ1) is 24.5. The molecular weight excluding hydrogens is 442 g/mol. The van der Waals surface area contributed by atoms with E-state index in [0.717, 1.165) is 31.5 Å². The van der Waals surface area contributed by atoms with E-state index in [1.807, 2.05) is 24.3 Å². The van der Waals surface area contributed by atoms with Crippen molar-refractivity contribution in [2.45, 2.75) is 37.6 Å². The van der Waals surface area contributed by atoms with Gasteiger partial charge in [0.15, 0.2) is 5.13 Å². The van der Waals surface area contributed by atoms with Crippen LogP contribution < -0.4 is 32.3 Å². The molecule has 0 bridgehead atoms. The van der Waals surface area contributed by atoms with Crippen molar-refractivity contribution in [3.63, 3.8) is 0 Å². The summed E-state index contributed by atoms with van der Waals surface area (Å²) in [7, 11) is 1.76. The first-order valence-electron chi connectivity index (χ1n) is 11.0. The summed E-state index contributed by atoms with van der Waals surface area (Å²) in [5.74, 6) is -0.419. The number of carbonyl (C=O) groups excluding carboxylic acids is 3. The van der Waals surface area contributed by atoms with Crippen LogP contribution in [0.25, 0.3) is 0 Å². The van der Waals surface area contributed by atoms with Crippen molar-refractivity contribution in [3.8, 4) is 0 Å². The third-order valence-corrected chi connectivity index (χ3v) is 6.64. The van der Waals surface area contributed by atoms with Gasteiger partial charge in [-0.05, 0) is 44.9 Å². The lowest BCUT2D eigenvalue weighted by Gasteiger charge is -2.41. The number of primary amides is 1. The van der Waals surface area contributed by atoms with Crippen LogP contribution in [0.3, 0.4) is 0 Å². The number of nitrogen functional groups attached to an aromatic ring is 1. The van der Waals surface area contributed by atoms with Crippen LogP contribution in [-0.2, 0) is 9.59 Å². The molecule has 0 unspecified atom stereocenters. The van der Waals surface area contributed by atoms with Crippen LogP contribution in [-0.4, -0.2) is 54.9 Å². The van der Waals surface area contributed by atoms with Crippen molar-refractivity contribution < 1.29 is 14.4 Å². The molecule has 0 spiro atoms. The molecule has 2 fully saturated rings. The maximum Gasteiger partial charge on any atom is 0.275 e. The Hall–Kier alpha value is -3.18. The van der Waals surface area contributed by atoms with Gasteiger partial charge in [-0.25, -0.2) is 4.98 Å². The molecule has 4 rings (SSSR count). The van der Waals surface area contributed by atoms with Gasteiger partial charge < -0.3 is 32.3 Å². The number of carbonyl (C=O) groups is 3. The topological polar surface area (TPSA) is 155 Å². The molecule has 0 saturated carbocycles. The van der Waals surface area contributed by atoms with E-state index in [9.17, 15) is 14.4 Å². The lowest BCUT2D eigenvalue weighted by Crippen LogP contribution is -2.59. The van der Waals surface area contributed by atoms with Gasteiger partial charge in [0.1, 0.15) is 11.2 Å². The minimum Gasteiger partial charge on any atom is -0.375 e. The highest BCUT2D eigenvalue weighted by Crippen LogP contribution is 2.31. The lowest BCUT2D eigenvalue weighted by molar-refractivity contribution is -0.125. The van der Waals surface area contributed by atoms with Gasteiger partial charge in [0.25, 0.3) is 5.91 Å². The number of para-hydroxylation sites is 2. The monoisotopic (exact) mass is 473 g/mol. The largest absolute Gasteiger partial charge is 0.375 e. The van der Waals surface area contributed by atoms with Crippen molar-refractivity contribution in [3.05, 3.63) is 35.3 Å². The summed E-state index contributed by atoms with van der Waals surface area (Å²) >= 11 is 1.23. The third kappa shape index (κ3) is 6.20. The molecule has 178 valence electrons.